The summed E-state index contributed by atoms with van der Waals surface area (Å²) in [6.07, 6.45) is 3.66. The van der Waals surface area contributed by atoms with Crippen LogP contribution in [0.25, 0.3) is 10.3 Å². The monoisotopic (exact) mass is 479 g/mol. The molecular weight excluding hydrogens is 458 g/mol. The van der Waals surface area contributed by atoms with E-state index in [1.165, 1.54) is 18.1 Å². The normalized spacial score (nSPS) is 11.0. The molecule has 6 nitrogen and oxygen atoms in total. The number of thioether (sulfide) groups is 1. The zero-order chi connectivity index (χ0) is 19.9. The van der Waals surface area contributed by atoms with Crippen LogP contribution in [0.5, 0.6) is 0 Å². The molecular formula is C19H22BrN5OS2. The Hall–Kier alpha value is -1.71. The average molecular weight is 480 g/mol. The van der Waals surface area contributed by atoms with Crippen molar-refractivity contribution in [2.75, 3.05) is 29.1 Å². The third-order valence-electron chi connectivity index (χ3n) is 3.87. The minimum absolute atomic E-state index is 0.0672. The number of rotatable bonds is 9. The summed E-state index contributed by atoms with van der Waals surface area (Å²) in [4.78, 5) is 28.0. The molecule has 3 rings (SSSR count). The summed E-state index contributed by atoms with van der Waals surface area (Å²) in [5.41, 5.74) is 1.47. The number of benzene rings is 1. The topological polar surface area (TPSA) is 71.0 Å². The number of aromatic nitrogens is 3. The van der Waals surface area contributed by atoms with Crippen LogP contribution in [0.2, 0.25) is 0 Å². The summed E-state index contributed by atoms with van der Waals surface area (Å²) in [6, 6.07) is 7.52. The summed E-state index contributed by atoms with van der Waals surface area (Å²) in [5, 5.41) is 4.67. The number of thiazole rings is 1. The van der Waals surface area contributed by atoms with Crippen molar-refractivity contribution < 1.29 is 4.79 Å². The highest BCUT2D eigenvalue weighted by Gasteiger charge is 2.16. The van der Waals surface area contributed by atoms with Gasteiger partial charge in [-0.3, -0.25) is 4.79 Å². The Balaban J connectivity index is 1.70. The molecule has 0 aliphatic carbocycles. The van der Waals surface area contributed by atoms with E-state index in [2.05, 4.69) is 54.9 Å². The number of anilines is 2. The first-order chi connectivity index (χ1) is 13.6. The Bertz CT molecular complexity index is 926. The Morgan fingerprint density at radius 2 is 1.89 bits per heavy atom. The summed E-state index contributed by atoms with van der Waals surface area (Å²) in [5.74, 6) is 0.214. The zero-order valence-electron chi connectivity index (χ0n) is 15.8. The molecule has 0 saturated heterocycles. The lowest BCUT2D eigenvalue weighted by molar-refractivity contribution is -0.113. The van der Waals surface area contributed by atoms with E-state index < -0.39 is 0 Å². The highest BCUT2D eigenvalue weighted by atomic mass is 79.9. The summed E-state index contributed by atoms with van der Waals surface area (Å²) >= 11 is 6.40. The van der Waals surface area contributed by atoms with Crippen molar-refractivity contribution in [3.63, 3.8) is 0 Å². The highest BCUT2D eigenvalue weighted by Crippen LogP contribution is 2.34. The van der Waals surface area contributed by atoms with Gasteiger partial charge in [0.2, 0.25) is 5.91 Å². The minimum Gasteiger partial charge on any atom is -0.348 e. The number of fused-ring (bicyclic) bond motifs is 1. The number of carbonyl (C=O) groups excluding carboxylic acids is 1. The van der Waals surface area contributed by atoms with Crippen molar-refractivity contribution in [3.05, 3.63) is 35.1 Å². The molecule has 2 heterocycles. The standard InChI is InChI=1S/C19H22BrN5OS2/c1-3-9-25(10-4-2)19-24-17-16(28-19)18(22-12-21-17)27-11-15(26)23-14-7-5-13(20)6-8-14/h5-8,12H,3-4,9-11H2,1-2H3,(H,23,26). The van der Waals surface area contributed by atoms with Gasteiger partial charge in [0.1, 0.15) is 16.1 Å². The lowest BCUT2D eigenvalue weighted by Gasteiger charge is -2.19. The van der Waals surface area contributed by atoms with Crippen LogP contribution in [0.15, 0.2) is 40.1 Å². The summed E-state index contributed by atoms with van der Waals surface area (Å²) < 4.78 is 1.92. The Kier molecular flexibility index (Phi) is 7.64. The predicted molar refractivity (Wildman–Crippen MR) is 122 cm³/mol. The van der Waals surface area contributed by atoms with E-state index in [0.29, 0.717) is 5.65 Å². The first-order valence-electron chi connectivity index (χ1n) is 9.15. The number of hydrogen-bond donors (Lipinski definition) is 1. The van der Waals surface area contributed by atoms with E-state index in [-0.39, 0.29) is 11.7 Å². The first kappa shape index (κ1) is 21.0. The molecule has 2 aromatic heterocycles. The molecule has 0 bridgehead atoms. The quantitative estimate of drug-likeness (QED) is 0.335. The number of carbonyl (C=O) groups is 1. The van der Waals surface area contributed by atoms with Crippen molar-refractivity contribution in [3.8, 4) is 0 Å². The number of halogens is 1. The SMILES string of the molecule is CCCN(CCC)c1nc2ncnc(SCC(=O)Nc3ccc(Br)cc3)c2s1. The van der Waals surface area contributed by atoms with E-state index in [0.717, 1.165) is 50.9 Å². The molecule has 3 aromatic rings. The molecule has 0 radical (unpaired) electrons. The Morgan fingerprint density at radius 3 is 2.57 bits per heavy atom. The van der Waals surface area contributed by atoms with Gasteiger partial charge < -0.3 is 10.2 Å². The maximum absolute atomic E-state index is 12.3. The van der Waals surface area contributed by atoms with Crippen LogP contribution in [0.4, 0.5) is 10.8 Å². The van der Waals surface area contributed by atoms with Crippen molar-refractivity contribution in [1.82, 2.24) is 15.0 Å². The summed E-state index contributed by atoms with van der Waals surface area (Å²) in [6.45, 7) is 6.28. The van der Waals surface area contributed by atoms with Gasteiger partial charge in [0.05, 0.1) is 5.75 Å². The van der Waals surface area contributed by atoms with Crippen LogP contribution >= 0.6 is 39.0 Å². The largest absolute Gasteiger partial charge is 0.348 e. The second kappa shape index (κ2) is 10.2. The van der Waals surface area contributed by atoms with Crippen LogP contribution in [0.1, 0.15) is 26.7 Å². The molecule has 0 unspecified atom stereocenters. The molecule has 0 atom stereocenters. The fourth-order valence-corrected chi connectivity index (χ4v) is 4.87. The van der Waals surface area contributed by atoms with Gasteiger partial charge in [-0.1, -0.05) is 52.9 Å². The second-order valence-electron chi connectivity index (χ2n) is 6.16. The van der Waals surface area contributed by atoms with E-state index in [1.807, 2.05) is 24.3 Å². The van der Waals surface area contributed by atoms with E-state index in [4.69, 9.17) is 0 Å². The third kappa shape index (κ3) is 5.42. The molecule has 9 heteroatoms. The van der Waals surface area contributed by atoms with Crippen LogP contribution in [0.3, 0.4) is 0 Å². The van der Waals surface area contributed by atoms with Crippen LogP contribution in [-0.4, -0.2) is 39.7 Å². The van der Waals surface area contributed by atoms with Gasteiger partial charge in [-0.05, 0) is 37.1 Å². The Labute approximate surface area is 181 Å². The molecule has 0 aliphatic heterocycles. The molecule has 1 amide bonds. The number of nitrogens with one attached hydrogen (secondary N) is 1. The fourth-order valence-electron chi connectivity index (χ4n) is 2.67. The predicted octanol–water partition coefficient (Wildman–Crippen LogP) is 5.21. The fraction of sp³-hybridized carbons (Fsp3) is 0.368. The van der Waals surface area contributed by atoms with E-state index in [9.17, 15) is 4.79 Å². The van der Waals surface area contributed by atoms with Gasteiger partial charge in [-0.15, -0.1) is 0 Å². The highest BCUT2D eigenvalue weighted by molar-refractivity contribution is 9.10. The van der Waals surface area contributed by atoms with Crippen molar-refractivity contribution in [2.45, 2.75) is 31.7 Å². The van der Waals surface area contributed by atoms with Gasteiger partial charge in [-0.2, -0.15) is 4.98 Å². The molecule has 0 fully saturated rings. The molecule has 0 aliphatic rings. The van der Waals surface area contributed by atoms with Crippen LogP contribution < -0.4 is 10.2 Å². The molecule has 1 aromatic carbocycles. The molecule has 28 heavy (non-hydrogen) atoms. The van der Waals surface area contributed by atoms with Crippen molar-refractivity contribution >= 4 is 66.1 Å². The van der Waals surface area contributed by atoms with Crippen molar-refractivity contribution in [1.29, 1.82) is 0 Å². The molecule has 0 saturated carbocycles. The maximum atomic E-state index is 12.3. The van der Waals surface area contributed by atoms with Crippen LogP contribution in [-0.2, 0) is 4.79 Å². The smallest absolute Gasteiger partial charge is 0.234 e. The van der Waals surface area contributed by atoms with Gasteiger partial charge in [-0.25, -0.2) is 9.97 Å². The van der Waals surface area contributed by atoms with Gasteiger partial charge in [0.25, 0.3) is 0 Å². The zero-order valence-corrected chi connectivity index (χ0v) is 19.0. The Morgan fingerprint density at radius 1 is 1.18 bits per heavy atom. The average Bonchev–Trinajstić information content (AvgIpc) is 3.13. The molecule has 0 spiro atoms. The van der Waals surface area contributed by atoms with Gasteiger partial charge in [0.15, 0.2) is 10.8 Å². The maximum Gasteiger partial charge on any atom is 0.234 e. The van der Waals surface area contributed by atoms with Crippen LogP contribution in [0, 0.1) is 0 Å². The lowest BCUT2D eigenvalue weighted by atomic mass is 10.3. The third-order valence-corrected chi connectivity index (χ3v) is 6.63. The van der Waals surface area contributed by atoms with Gasteiger partial charge in [0, 0.05) is 23.2 Å². The lowest BCUT2D eigenvalue weighted by Crippen LogP contribution is -2.24. The van der Waals surface area contributed by atoms with E-state index in [1.54, 1.807) is 11.3 Å². The number of hydrogen-bond acceptors (Lipinski definition) is 7. The molecule has 148 valence electrons. The second-order valence-corrected chi connectivity index (χ2v) is 9.02. The number of amides is 1. The summed E-state index contributed by atoms with van der Waals surface area (Å²) in [7, 11) is 0. The number of nitrogens with zero attached hydrogens (tertiary/aromatic N) is 4. The first-order valence-corrected chi connectivity index (χ1v) is 11.7. The molecule has 1 N–H and O–H groups in total. The van der Waals surface area contributed by atoms with E-state index >= 15 is 0 Å². The minimum atomic E-state index is -0.0672. The van der Waals surface area contributed by atoms with Crippen molar-refractivity contribution in [2.24, 2.45) is 0 Å². The van der Waals surface area contributed by atoms with Gasteiger partial charge >= 0.3 is 0 Å².